The summed E-state index contributed by atoms with van der Waals surface area (Å²) in [7, 11) is -4.67. The predicted molar refractivity (Wildman–Crippen MR) is 143 cm³/mol. The van der Waals surface area contributed by atoms with Gasteiger partial charge in [0.05, 0.1) is 0 Å². The third kappa shape index (κ3) is 19.5. The third-order valence-corrected chi connectivity index (χ3v) is 4.66. The maximum atomic E-state index is 11.7. The van der Waals surface area contributed by atoms with Crippen LogP contribution in [0.15, 0.2) is 36.4 Å². The Hall–Kier alpha value is -4.21. The van der Waals surface area contributed by atoms with Crippen molar-refractivity contribution in [2.75, 3.05) is 0 Å². The van der Waals surface area contributed by atoms with Crippen molar-refractivity contribution in [3.63, 3.8) is 0 Å². The van der Waals surface area contributed by atoms with Crippen LogP contribution in [0.25, 0.3) is 0 Å². The molecule has 0 spiro atoms. The zero-order chi connectivity index (χ0) is 31.6. The lowest BCUT2D eigenvalue weighted by atomic mass is 10.1. The van der Waals surface area contributed by atoms with Gasteiger partial charge in [-0.05, 0) is 61.1 Å². The van der Waals surface area contributed by atoms with Crippen molar-refractivity contribution in [2.24, 2.45) is 0 Å². The number of aryl methyl sites for hydroxylation is 2. The SMILES string of the molecule is CCCC(=O)Oc1ccc(CCC(=O)O)cc1OC(=O)CCC.O=C(O)CCc1ccc(O)c(O)c1.O=S(=O)(O)O. The van der Waals surface area contributed by atoms with Crippen molar-refractivity contribution >= 4 is 34.3 Å². The first kappa shape index (κ1) is 36.8. The van der Waals surface area contributed by atoms with Crippen LogP contribution in [0.1, 0.15) is 63.5 Å². The average Bonchev–Trinajstić information content (AvgIpc) is 2.84. The number of esters is 2. The summed E-state index contributed by atoms with van der Waals surface area (Å²) in [6.07, 6.45) is 2.45. The van der Waals surface area contributed by atoms with Crippen molar-refractivity contribution in [2.45, 2.75) is 65.2 Å². The molecular weight excluding hydrogens is 568 g/mol. The molecule has 0 radical (unpaired) electrons. The van der Waals surface area contributed by atoms with Crippen molar-refractivity contribution in [1.82, 2.24) is 0 Å². The summed E-state index contributed by atoms with van der Waals surface area (Å²) < 4.78 is 42.0. The number of rotatable bonds is 12. The van der Waals surface area contributed by atoms with Crippen molar-refractivity contribution in [3.8, 4) is 23.0 Å². The number of phenols is 2. The molecule has 0 atom stereocenters. The number of carbonyl (C=O) groups is 4. The van der Waals surface area contributed by atoms with Crippen LogP contribution in [0, 0.1) is 0 Å². The van der Waals surface area contributed by atoms with Crippen LogP contribution in [0.5, 0.6) is 23.0 Å². The Kier molecular flexibility index (Phi) is 17.0. The number of benzene rings is 2. The van der Waals surface area contributed by atoms with E-state index in [-0.39, 0.29) is 48.7 Å². The van der Waals surface area contributed by atoms with E-state index in [4.69, 9.17) is 47.4 Å². The molecule has 0 unspecified atom stereocenters. The van der Waals surface area contributed by atoms with Gasteiger partial charge in [-0.1, -0.05) is 26.0 Å². The van der Waals surface area contributed by atoms with Crippen LogP contribution in [0.4, 0.5) is 0 Å². The minimum Gasteiger partial charge on any atom is -0.504 e. The molecule has 228 valence electrons. The summed E-state index contributed by atoms with van der Waals surface area (Å²) in [6.45, 7) is 3.71. The van der Waals surface area contributed by atoms with E-state index in [1.54, 1.807) is 18.2 Å². The van der Waals surface area contributed by atoms with Crippen LogP contribution >= 0.6 is 0 Å². The molecule has 0 fully saturated rings. The summed E-state index contributed by atoms with van der Waals surface area (Å²) in [5, 5.41) is 35.1. The van der Waals surface area contributed by atoms with Gasteiger partial charge in [-0.25, -0.2) is 0 Å². The molecular formula is C26H34O14S. The second kappa shape index (κ2) is 19.0. The van der Waals surface area contributed by atoms with Crippen LogP contribution < -0.4 is 9.47 Å². The predicted octanol–water partition coefficient (Wildman–Crippen LogP) is 3.58. The first-order valence-electron chi connectivity index (χ1n) is 12.2. The number of aliphatic carboxylic acids is 2. The average molecular weight is 603 g/mol. The fourth-order valence-electron chi connectivity index (χ4n) is 2.85. The van der Waals surface area contributed by atoms with Gasteiger partial charge in [0.15, 0.2) is 23.0 Å². The van der Waals surface area contributed by atoms with E-state index in [2.05, 4.69) is 0 Å². The van der Waals surface area contributed by atoms with Gasteiger partial charge in [0.2, 0.25) is 0 Å². The summed E-state index contributed by atoms with van der Waals surface area (Å²) in [6, 6.07) is 9.02. The Bertz CT molecular complexity index is 1260. The van der Waals surface area contributed by atoms with E-state index in [0.29, 0.717) is 36.8 Å². The molecule has 2 rings (SSSR count). The Labute approximate surface area is 236 Å². The van der Waals surface area contributed by atoms with E-state index in [0.717, 1.165) is 0 Å². The number of carbonyl (C=O) groups excluding carboxylic acids is 2. The summed E-state index contributed by atoms with van der Waals surface area (Å²) >= 11 is 0. The molecule has 15 heteroatoms. The zero-order valence-corrected chi connectivity index (χ0v) is 23.3. The molecule has 0 saturated carbocycles. The standard InChI is InChI=1S/C17H22O6.C9H10O4.H2O4S/c1-3-5-16(20)22-13-9-7-12(8-10-15(18)19)11-14(13)23-17(21)6-4-2;10-7-3-1-6(5-8(7)11)2-4-9(12)13;1-5(2,3)4/h7,9,11H,3-6,8,10H2,1-2H3,(H,18,19);1,3,5,10-11H,2,4H2,(H,12,13);(H2,1,2,3,4). The second-order valence-electron chi connectivity index (χ2n) is 8.29. The molecule has 0 heterocycles. The number of carboxylic acid groups (broad SMARTS) is 2. The van der Waals surface area contributed by atoms with Gasteiger partial charge >= 0.3 is 34.3 Å². The molecule has 2 aromatic rings. The molecule has 0 aliphatic carbocycles. The number of hydrogen-bond donors (Lipinski definition) is 6. The van der Waals surface area contributed by atoms with Crippen LogP contribution in [0.3, 0.4) is 0 Å². The minimum absolute atomic E-state index is 0.0181. The van der Waals surface area contributed by atoms with Crippen LogP contribution in [-0.2, 0) is 42.4 Å². The largest absolute Gasteiger partial charge is 0.504 e. The number of carboxylic acids is 2. The minimum atomic E-state index is -4.67. The Morgan fingerprint density at radius 2 is 1.07 bits per heavy atom. The fourth-order valence-corrected chi connectivity index (χ4v) is 2.85. The number of aromatic hydroxyl groups is 2. The van der Waals surface area contributed by atoms with Gasteiger partial charge < -0.3 is 29.9 Å². The molecule has 0 amide bonds. The molecule has 0 saturated heterocycles. The Morgan fingerprint density at radius 3 is 1.49 bits per heavy atom. The van der Waals surface area contributed by atoms with Crippen molar-refractivity contribution < 1.29 is 66.6 Å². The van der Waals surface area contributed by atoms with Gasteiger partial charge in [-0.3, -0.25) is 28.3 Å². The van der Waals surface area contributed by atoms with Gasteiger partial charge in [0.25, 0.3) is 0 Å². The molecule has 0 aromatic heterocycles. The van der Waals surface area contributed by atoms with Crippen LogP contribution in [0.2, 0.25) is 0 Å². The lowest BCUT2D eigenvalue weighted by Crippen LogP contribution is -2.12. The monoisotopic (exact) mass is 602 g/mol. The maximum absolute atomic E-state index is 11.7. The molecule has 0 aliphatic heterocycles. The smallest absolute Gasteiger partial charge is 0.394 e. The summed E-state index contributed by atoms with van der Waals surface area (Å²) in [5.41, 5.74) is 1.39. The van der Waals surface area contributed by atoms with E-state index in [9.17, 15) is 19.2 Å². The second-order valence-corrected chi connectivity index (χ2v) is 9.18. The molecule has 41 heavy (non-hydrogen) atoms. The van der Waals surface area contributed by atoms with Gasteiger partial charge in [0.1, 0.15) is 0 Å². The number of phenolic OH excluding ortho intramolecular Hbond substituents is 2. The topological polar surface area (TPSA) is 242 Å². The molecule has 6 N–H and O–H groups in total. The molecule has 0 aliphatic rings. The summed E-state index contributed by atoms with van der Waals surface area (Å²) in [4.78, 5) is 44.2. The zero-order valence-electron chi connectivity index (χ0n) is 22.5. The lowest BCUT2D eigenvalue weighted by Gasteiger charge is -2.12. The first-order chi connectivity index (χ1) is 19.0. The normalized spacial score (nSPS) is 10.2. The molecule has 14 nitrogen and oxygen atoms in total. The fraction of sp³-hybridized carbons (Fsp3) is 0.385. The third-order valence-electron chi connectivity index (χ3n) is 4.66. The Balaban J connectivity index is 0.000000741. The highest BCUT2D eigenvalue weighted by atomic mass is 32.3. The van der Waals surface area contributed by atoms with E-state index in [1.807, 2.05) is 13.8 Å². The van der Waals surface area contributed by atoms with E-state index in [1.165, 1.54) is 18.2 Å². The summed E-state index contributed by atoms with van der Waals surface area (Å²) in [5.74, 6) is -2.71. The van der Waals surface area contributed by atoms with Crippen molar-refractivity contribution in [3.05, 3.63) is 47.5 Å². The quantitative estimate of drug-likeness (QED) is 0.0880. The highest BCUT2D eigenvalue weighted by Crippen LogP contribution is 2.30. The Morgan fingerprint density at radius 1 is 0.659 bits per heavy atom. The number of hydrogen-bond acceptors (Lipinski definition) is 10. The first-order valence-corrected chi connectivity index (χ1v) is 13.6. The number of ether oxygens (including phenoxy) is 2. The highest BCUT2D eigenvalue weighted by Gasteiger charge is 2.14. The highest BCUT2D eigenvalue weighted by molar-refractivity contribution is 7.79. The van der Waals surface area contributed by atoms with Gasteiger partial charge in [0, 0.05) is 25.7 Å². The van der Waals surface area contributed by atoms with Crippen LogP contribution in [-0.4, -0.2) is 61.8 Å². The van der Waals surface area contributed by atoms with E-state index >= 15 is 0 Å². The van der Waals surface area contributed by atoms with E-state index < -0.39 is 34.3 Å². The van der Waals surface area contributed by atoms with Gasteiger partial charge in [-0.2, -0.15) is 8.42 Å². The maximum Gasteiger partial charge on any atom is 0.394 e. The molecule has 2 aromatic carbocycles. The van der Waals surface area contributed by atoms with Crippen molar-refractivity contribution in [1.29, 1.82) is 0 Å². The van der Waals surface area contributed by atoms with Gasteiger partial charge in [-0.15, -0.1) is 0 Å². The lowest BCUT2D eigenvalue weighted by molar-refractivity contribution is -0.138. The molecule has 0 bridgehead atoms.